The predicted octanol–water partition coefficient (Wildman–Crippen LogP) is 2.80. The smallest absolute Gasteiger partial charge is 0.274 e. The van der Waals surface area contributed by atoms with Gasteiger partial charge in [0.05, 0.1) is 26.0 Å². The summed E-state index contributed by atoms with van der Waals surface area (Å²) in [6.45, 7) is 3.27. The van der Waals surface area contributed by atoms with E-state index in [0.717, 1.165) is 22.4 Å². The molecule has 0 unspecified atom stereocenters. The summed E-state index contributed by atoms with van der Waals surface area (Å²) in [5.41, 5.74) is 4.26. The first-order valence-electron chi connectivity index (χ1n) is 9.15. The fourth-order valence-corrected chi connectivity index (χ4v) is 3.30. The Morgan fingerprint density at radius 3 is 2.86 bits per heavy atom. The number of aromatic nitrogens is 3. The lowest BCUT2D eigenvalue weighted by molar-refractivity contribution is -0.00179. The maximum atomic E-state index is 12.6. The highest BCUT2D eigenvalue weighted by atomic mass is 16.5. The number of hydrogen-bond donors (Lipinski definition) is 1. The van der Waals surface area contributed by atoms with E-state index in [-0.39, 0.29) is 18.6 Å². The first-order valence-corrected chi connectivity index (χ1v) is 9.15. The predicted molar refractivity (Wildman–Crippen MR) is 103 cm³/mol. The number of hydrogen-bond acceptors (Lipinski definition) is 5. The average molecular weight is 378 g/mol. The number of rotatable bonds is 5. The molecular formula is C21H22N4O3. The molecule has 3 aromatic rings. The molecule has 0 saturated carbocycles. The minimum atomic E-state index is -0.241. The zero-order valence-corrected chi connectivity index (χ0v) is 15.9. The molecule has 0 saturated heterocycles. The molecule has 1 aromatic heterocycles. The third-order valence-electron chi connectivity index (χ3n) is 4.84. The van der Waals surface area contributed by atoms with Crippen LogP contribution >= 0.6 is 0 Å². The van der Waals surface area contributed by atoms with Gasteiger partial charge < -0.3 is 14.8 Å². The van der Waals surface area contributed by atoms with Gasteiger partial charge in [-0.2, -0.15) is 0 Å². The summed E-state index contributed by atoms with van der Waals surface area (Å²) in [4.78, 5) is 12.6. The van der Waals surface area contributed by atoms with Gasteiger partial charge in [-0.05, 0) is 30.2 Å². The van der Waals surface area contributed by atoms with E-state index in [9.17, 15) is 4.79 Å². The lowest BCUT2D eigenvalue weighted by Crippen LogP contribution is -2.27. The maximum absolute atomic E-state index is 12.6. The van der Waals surface area contributed by atoms with Gasteiger partial charge in [0.25, 0.3) is 5.91 Å². The number of carbonyl (C=O) groups excluding carboxylic acids is 1. The van der Waals surface area contributed by atoms with Crippen molar-refractivity contribution < 1.29 is 14.3 Å². The lowest BCUT2D eigenvalue weighted by atomic mass is 10.1. The summed E-state index contributed by atoms with van der Waals surface area (Å²) in [6.07, 6.45) is -0.136. The van der Waals surface area contributed by atoms with Crippen LogP contribution in [0.1, 0.15) is 39.0 Å². The Bertz CT molecular complexity index is 982. The van der Waals surface area contributed by atoms with Gasteiger partial charge in [-0.3, -0.25) is 4.79 Å². The molecule has 1 amide bonds. The molecule has 7 nitrogen and oxygen atoms in total. The summed E-state index contributed by atoms with van der Waals surface area (Å²) in [5, 5.41) is 11.2. The molecule has 0 bridgehead atoms. The van der Waals surface area contributed by atoms with E-state index in [1.807, 2.05) is 55.5 Å². The topological polar surface area (TPSA) is 78.3 Å². The van der Waals surface area contributed by atoms with Crippen molar-refractivity contribution in [1.82, 2.24) is 20.3 Å². The molecule has 4 rings (SSSR count). The SMILES string of the molecule is COc1ccc([C@@H]2Cn3nnc(C(=O)NCc4cccc(C)c4)c3CO2)cc1. The second kappa shape index (κ2) is 7.82. The van der Waals surface area contributed by atoms with Crippen LogP contribution in [0, 0.1) is 6.92 Å². The molecule has 28 heavy (non-hydrogen) atoms. The summed E-state index contributed by atoms with van der Waals surface area (Å²) < 4.78 is 12.9. The normalized spacial score (nSPS) is 15.7. The van der Waals surface area contributed by atoms with Gasteiger partial charge in [-0.15, -0.1) is 5.10 Å². The molecule has 0 radical (unpaired) electrons. The number of nitrogens with one attached hydrogen (secondary N) is 1. The first kappa shape index (κ1) is 18.2. The Kier molecular flexibility index (Phi) is 5.08. The molecule has 0 fully saturated rings. The molecule has 1 atom stereocenters. The number of amides is 1. The number of ether oxygens (including phenoxy) is 2. The van der Waals surface area contributed by atoms with E-state index in [1.165, 1.54) is 0 Å². The first-order chi connectivity index (χ1) is 13.6. The second-order valence-corrected chi connectivity index (χ2v) is 6.81. The number of nitrogens with zero attached hydrogens (tertiary/aromatic N) is 3. The van der Waals surface area contributed by atoms with Crippen molar-refractivity contribution in [3.05, 3.63) is 76.6 Å². The number of aryl methyl sites for hydroxylation is 1. The standard InChI is InChI=1S/C21H22N4O3/c1-14-4-3-5-15(10-14)11-22-21(26)20-18-13-28-19(12-25(18)24-23-20)16-6-8-17(27-2)9-7-16/h3-10,19H,11-13H2,1-2H3,(H,22,26)/t19-/m0/s1. The summed E-state index contributed by atoms with van der Waals surface area (Å²) in [7, 11) is 1.64. The molecular weight excluding hydrogens is 356 g/mol. The monoisotopic (exact) mass is 378 g/mol. The van der Waals surface area contributed by atoms with Crippen LogP contribution in [0.4, 0.5) is 0 Å². The van der Waals surface area contributed by atoms with E-state index < -0.39 is 0 Å². The van der Waals surface area contributed by atoms with Crippen molar-refractivity contribution in [2.24, 2.45) is 0 Å². The zero-order chi connectivity index (χ0) is 19.5. The van der Waals surface area contributed by atoms with E-state index in [2.05, 4.69) is 15.6 Å². The van der Waals surface area contributed by atoms with Crippen LogP contribution in [0.3, 0.4) is 0 Å². The zero-order valence-electron chi connectivity index (χ0n) is 15.9. The molecule has 2 aromatic carbocycles. The van der Waals surface area contributed by atoms with Gasteiger partial charge in [-0.25, -0.2) is 4.68 Å². The highest BCUT2D eigenvalue weighted by Gasteiger charge is 2.27. The van der Waals surface area contributed by atoms with Crippen molar-refractivity contribution in [1.29, 1.82) is 0 Å². The Morgan fingerprint density at radius 1 is 1.29 bits per heavy atom. The Morgan fingerprint density at radius 2 is 2.11 bits per heavy atom. The average Bonchev–Trinajstić information content (AvgIpc) is 3.15. The lowest BCUT2D eigenvalue weighted by Gasteiger charge is -2.24. The third-order valence-corrected chi connectivity index (χ3v) is 4.84. The van der Waals surface area contributed by atoms with Gasteiger partial charge in [0, 0.05) is 6.54 Å². The Hall–Kier alpha value is -3.19. The van der Waals surface area contributed by atoms with Gasteiger partial charge in [-0.1, -0.05) is 47.2 Å². The van der Waals surface area contributed by atoms with E-state index in [4.69, 9.17) is 9.47 Å². The molecule has 1 aliphatic heterocycles. The molecule has 0 spiro atoms. The van der Waals surface area contributed by atoms with Crippen molar-refractivity contribution in [3.8, 4) is 5.75 Å². The Labute approximate surface area is 163 Å². The third kappa shape index (κ3) is 3.75. The minimum absolute atomic E-state index is 0.136. The van der Waals surface area contributed by atoms with Crippen molar-refractivity contribution in [3.63, 3.8) is 0 Å². The molecule has 2 heterocycles. The van der Waals surface area contributed by atoms with Crippen LogP contribution in [-0.2, 0) is 24.4 Å². The van der Waals surface area contributed by atoms with E-state index >= 15 is 0 Å². The highest BCUT2D eigenvalue weighted by molar-refractivity contribution is 5.93. The summed E-state index contributed by atoms with van der Waals surface area (Å²) in [5.74, 6) is 0.558. The van der Waals surface area contributed by atoms with Gasteiger partial charge in [0.2, 0.25) is 0 Å². The fraction of sp³-hybridized carbons (Fsp3) is 0.286. The van der Waals surface area contributed by atoms with E-state index in [0.29, 0.717) is 24.5 Å². The van der Waals surface area contributed by atoms with Crippen molar-refractivity contribution in [2.45, 2.75) is 32.7 Å². The quantitative estimate of drug-likeness (QED) is 0.739. The van der Waals surface area contributed by atoms with E-state index in [1.54, 1.807) is 11.8 Å². The molecule has 7 heteroatoms. The van der Waals surface area contributed by atoms with Crippen LogP contribution in [0.25, 0.3) is 0 Å². The number of benzene rings is 2. The second-order valence-electron chi connectivity index (χ2n) is 6.81. The number of fused-ring (bicyclic) bond motifs is 1. The van der Waals surface area contributed by atoms with Gasteiger partial charge in [0.1, 0.15) is 11.9 Å². The molecule has 144 valence electrons. The Balaban J connectivity index is 1.43. The highest BCUT2D eigenvalue weighted by Crippen LogP contribution is 2.28. The van der Waals surface area contributed by atoms with Gasteiger partial charge >= 0.3 is 0 Å². The van der Waals surface area contributed by atoms with Crippen LogP contribution in [0.2, 0.25) is 0 Å². The van der Waals surface area contributed by atoms with Crippen LogP contribution in [-0.4, -0.2) is 28.0 Å². The number of methoxy groups -OCH3 is 1. The minimum Gasteiger partial charge on any atom is -0.497 e. The molecule has 1 aliphatic rings. The fourth-order valence-electron chi connectivity index (χ4n) is 3.30. The number of carbonyl (C=O) groups is 1. The summed E-state index contributed by atoms with van der Waals surface area (Å²) >= 11 is 0. The largest absolute Gasteiger partial charge is 0.497 e. The molecule has 0 aliphatic carbocycles. The van der Waals surface area contributed by atoms with Crippen LogP contribution in [0.15, 0.2) is 48.5 Å². The molecule has 1 N–H and O–H groups in total. The van der Waals surface area contributed by atoms with Crippen molar-refractivity contribution >= 4 is 5.91 Å². The van der Waals surface area contributed by atoms with Gasteiger partial charge in [0.15, 0.2) is 5.69 Å². The maximum Gasteiger partial charge on any atom is 0.274 e. The van der Waals surface area contributed by atoms with Crippen LogP contribution < -0.4 is 10.1 Å². The van der Waals surface area contributed by atoms with Crippen molar-refractivity contribution in [2.75, 3.05) is 7.11 Å². The van der Waals surface area contributed by atoms with Crippen LogP contribution in [0.5, 0.6) is 5.75 Å². The summed E-state index contributed by atoms with van der Waals surface area (Å²) in [6, 6.07) is 15.8.